The van der Waals surface area contributed by atoms with E-state index in [1.165, 1.54) is 41.7 Å². The van der Waals surface area contributed by atoms with Gasteiger partial charge in [0.15, 0.2) is 0 Å². The number of benzene rings is 3. The van der Waals surface area contributed by atoms with Crippen LogP contribution in [-0.4, -0.2) is 42.3 Å². The summed E-state index contributed by atoms with van der Waals surface area (Å²) in [5.41, 5.74) is 4.04. The monoisotopic (exact) mass is 659 g/mol. The molecule has 7 rings (SSSR count). The van der Waals surface area contributed by atoms with Crippen LogP contribution < -0.4 is 9.62 Å². The van der Waals surface area contributed by atoms with Gasteiger partial charge in [0.05, 0.1) is 39.4 Å². The number of anilines is 1. The maximum atomic E-state index is 14.9. The number of thiol groups is 1. The lowest BCUT2D eigenvalue weighted by Gasteiger charge is -2.19. The molecule has 7 aromatic rings. The second-order valence-electron chi connectivity index (χ2n) is 10.5. The van der Waals surface area contributed by atoms with E-state index in [0.717, 1.165) is 0 Å². The molecule has 46 heavy (non-hydrogen) atoms. The van der Waals surface area contributed by atoms with E-state index in [-0.39, 0.29) is 35.0 Å². The largest absolute Gasteiger partial charge is 0.455 e. The number of aromatic nitrogens is 3. The summed E-state index contributed by atoms with van der Waals surface area (Å²) in [5, 5.41) is 3.40. The van der Waals surface area contributed by atoms with Gasteiger partial charge in [-0.25, -0.2) is 27.2 Å². The predicted molar refractivity (Wildman–Crippen MR) is 175 cm³/mol. The molecule has 13 heteroatoms. The minimum Gasteiger partial charge on any atom is -0.455 e. The number of nitrogens with zero attached hydrogens (tertiary/aromatic N) is 4. The van der Waals surface area contributed by atoms with Crippen LogP contribution in [-0.2, 0) is 16.8 Å². The van der Waals surface area contributed by atoms with E-state index < -0.39 is 28.4 Å². The number of carbonyl (C=O) groups excluding carboxylic acids is 1. The first-order valence-electron chi connectivity index (χ1n) is 14.2. The molecule has 9 nitrogen and oxygen atoms in total. The third-order valence-electron chi connectivity index (χ3n) is 7.95. The molecule has 0 fully saturated rings. The van der Waals surface area contributed by atoms with Crippen LogP contribution in [0.4, 0.5) is 14.5 Å². The number of hydrogen-bond donors (Lipinski definition) is 2. The molecule has 0 unspecified atom stereocenters. The molecule has 0 aliphatic carbocycles. The highest BCUT2D eigenvalue weighted by molar-refractivity contribution is 7.74. The summed E-state index contributed by atoms with van der Waals surface area (Å²) in [4.78, 5) is 22.9. The van der Waals surface area contributed by atoms with Crippen LogP contribution in [0.1, 0.15) is 23.1 Å². The van der Waals surface area contributed by atoms with E-state index in [4.69, 9.17) is 26.0 Å². The van der Waals surface area contributed by atoms with Crippen molar-refractivity contribution in [3.63, 3.8) is 0 Å². The Labute approximate surface area is 267 Å². The number of amides is 1. The number of alkyl halides is 1. The van der Waals surface area contributed by atoms with Crippen molar-refractivity contribution in [1.82, 2.24) is 19.7 Å². The molecule has 0 spiro atoms. The Balaban J connectivity index is 1.56. The fraction of sp³-hybridized carbons (Fsp3) is 0.121. The Hall–Kier alpha value is -5.07. The zero-order valence-electron chi connectivity index (χ0n) is 24.3. The summed E-state index contributed by atoms with van der Waals surface area (Å²) >= 11 is 6.27. The topological polar surface area (TPSA) is 110 Å². The number of halogens is 3. The third-order valence-corrected chi connectivity index (χ3v) is 9.09. The van der Waals surface area contributed by atoms with E-state index in [1.54, 1.807) is 53.8 Å². The van der Waals surface area contributed by atoms with Crippen LogP contribution in [0.5, 0.6) is 0 Å². The summed E-state index contributed by atoms with van der Waals surface area (Å²) < 4.78 is 62.7. The molecule has 4 aromatic heterocycles. The normalized spacial score (nSPS) is 11.8. The number of carbonyl (C=O) groups is 1. The van der Waals surface area contributed by atoms with E-state index in [9.17, 15) is 22.0 Å². The predicted octanol–water partition coefficient (Wildman–Crippen LogP) is 6.85. The van der Waals surface area contributed by atoms with Gasteiger partial charge in [-0.05, 0) is 67.6 Å². The lowest BCUT2D eigenvalue weighted by atomic mass is 10.0. The van der Waals surface area contributed by atoms with E-state index in [2.05, 4.69) is 5.32 Å². The highest BCUT2D eigenvalue weighted by atomic mass is 35.5. The van der Waals surface area contributed by atoms with Crippen molar-refractivity contribution in [2.45, 2.75) is 12.8 Å². The van der Waals surface area contributed by atoms with Crippen molar-refractivity contribution < 1.29 is 26.4 Å². The van der Waals surface area contributed by atoms with E-state index in [1.807, 2.05) is 0 Å². The van der Waals surface area contributed by atoms with Gasteiger partial charge >= 0.3 is 0 Å². The first kappa shape index (κ1) is 29.6. The Bertz CT molecular complexity index is 2430. The van der Waals surface area contributed by atoms with E-state index in [0.29, 0.717) is 55.5 Å². The van der Waals surface area contributed by atoms with Crippen LogP contribution >= 0.6 is 11.6 Å². The number of hydrogen-bond acceptors (Lipinski definition) is 6. The smallest absolute Gasteiger partial charge is 0.255 e. The van der Waals surface area contributed by atoms with Gasteiger partial charge in [0, 0.05) is 41.6 Å². The first-order valence-corrected chi connectivity index (χ1v) is 15.9. The zero-order valence-corrected chi connectivity index (χ0v) is 26.0. The molecule has 1 N–H and O–H groups in total. The number of rotatable bonds is 7. The molecule has 232 valence electrons. The zero-order chi connectivity index (χ0) is 32.3. The average Bonchev–Trinajstić information content (AvgIpc) is 3.64. The second kappa shape index (κ2) is 11.4. The van der Waals surface area contributed by atoms with Crippen LogP contribution in [0.3, 0.4) is 0 Å². The van der Waals surface area contributed by atoms with E-state index >= 15 is 0 Å². The van der Waals surface area contributed by atoms with Gasteiger partial charge in [0.2, 0.25) is 10.9 Å². The molecular weight excluding hydrogens is 636 g/mol. The van der Waals surface area contributed by atoms with Crippen molar-refractivity contribution in [2.24, 2.45) is 0 Å². The Kier molecular flexibility index (Phi) is 7.33. The quantitative estimate of drug-likeness (QED) is 0.143. The summed E-state index contributed by atoms with van der Waals surface area (Å²) in [6.07, 6.45) is 0. The molecule has 0 saturated heterocycles. The van der Waals surface area contributed by atoms with Gasteiger partial charge in [-0.15, -0.1) is 11.6 Å². The fourth-order valence-electron chi connectivity index (χ4n) is 5.89. The van der Waals surface area contributed by atoms with Gasteiger partial charge in [-0.3, -0.25) is 13.5 Å². The minimum atomic E-state index is -3.08. The summed E-state index contributed by atoms with van der Waals surface area (Å²) in [7, 11) is -1.60. The van der Waals surface area contributed by atoms with Crippen LogP contribution in [0, 0.1) is 11.6 Å². The van der Waals surface area contributed by atoms with Crippen molar-refractivity contribution in [2.75, 3.05) is 17.9 Å². The van der Waals surface area contributed by atoms with Crippen LogP contribution in [0.2, 0.25) is 0 Å². The number of pyridine rings is 1. The van der Waals surface area contributed by atoms with Gasteiger partial charge in [0.25, 0.3) is 5.91 Å². The highest BCUT2D eigenvalue weighted by Crippen LogP contribution is 2.41. The Morgan fingerprint density at radius 3 is 2.48 bits per heavy atom. The van der Waals surface area contributed by atoms with Crippen molar-refractivity contribution in [3.8, 4) is 22.6 Å². The molecule has 0 saturated carbocycles. The fourth-order valence-corrected chi connectivity index (χ4v) is 6.64. The van der Waals surface area contributed by atoms with Gasteiger partial charge in [0.1, 0.15) is 34.3 Å². The third kappa shape index (κ3) is 4.63. The minimum absolute atomic E-state index is 0.0659. The maximum absolute atomic E-state index is 14.9. The van der Waals surface area contributed by atoms with Gasteiger partial charge in [-0.2, -0.15) is 0 Å². The lowest BCUT2D eigenvalue weighted by Crippen LogP contribution is -2.21. The Morgan fingerprint density at radius 1 is 1.00 bits per heavy atom. The molecule has 1 amide bonds. The SMILES string of the molecule is CCN(c1cc2oc(-c3ccc(F)cc3)c(C(=O)NC)c2cc1-c1ccc2nc(CCl)n3c4cccc(F)c4cc3c2n1)[SH](=O)=O. The highest BCUT2D eigenvalue weighted by Gasteiger charge is 2.26. The van der Waals surface area contributed by atoms with Gasteiger partial charge < -0.3 is 9.73 Å². The molecule has 4 heterocycles. The molecule has 3 aromatic carbocycles. The standard InChI is InChI=1S/C33H24ClF2N5O4S/c1-3-40(46(43)44)26-15-28-21(30(33(42)37-2)32(45-28)17-7-9-18(35)10-8-17)13-20(26)23-11-12-24-31(39-23)27-14-19-22(36)5-4-6-25(19)41(27)29(16-34)38-24/h4-15,46H,3,16H2,1-2H3,(H,37,42). The lowest BCUT2D eigenvalue weighted by molar-refractivity contribution is 0.0964. The Morgan fingerprint density at radius 2 is 1.78 bits per heavy atom. The van der Waals surface area contributed by atoms with Crippen LogP contribution in [0.15, 0.2) is 77.2 Å². The summed E-state index contributed by atoms with van der Waals surface area (Å²) in [6, 6.07) is 18.6. The number of fused-ring (bicyclic) bond motifs is 6. The molecule has 0 radical (unpaired) electrons. The number of furan rings is 1. The number of nitrogens with one attached hydrogen (secondary N) is 1. The van der Waals surface area contributed by atoms with Crippen LogP contribution in [0.25, 0.3) is 61.0 Å². The second-order valence-corrected chi connectivity index (χ2v) is 11.7. The van der Waals surface area contributed by atoms with Crippen molar-refractivity contribution in [3.05, 3.63) is 95.8 Å². The molecule has 0 aliphatic rings. The average molecular weight is 660 g/mol. The molecule has 0 aliphatic heterocycles. The first-order chi connectivity index (χ1) is 22.2. The van der Waals surface area contributed by atoms with Gasteiger partial charge in [-0.1, -0.05) is 6.07 Å². The van der Waals surface area contributed by atoms with Crippen molar-refractivity contribution >= 4 is 72.5 Å². The maximum Gasteiger partial charge on any atom is 0.255 e. The molecule has 0 atom stereocenters. The summed E-state index contributed by atoms with van der Waals surface area (Å²) in [5.74, 6) is -0.548. The molecule has 0 bridgehead atoms. The molecular formula is C33H24ClF2N5O4S. The van der Waals surface area contributed by atoms with Crippen molar-refractivity contribution in [1.29, 1.82) is 0 Å². The summed E-state index contributed by atoms with van der Waals surface area (Å²) in [6.45, 7) is 1.80.